The number of nitrogens with zero attached hydrogens (tertiary/aromatic N) is 4. The van der Waals surface area contributed by atoms with Gasteiger partial charge >= 0.3 is 0 Å². The third-order valence-corrected chi connectivity index (χ3v) is 3.35. The first-order valence-electron chi connectivity index (χ1n) is 5.57. The summed E-state index contributed by atoms with van der Waals surface area (Å²) in [6, 6.07) is 0. The second kappa shape index (κ2) is 4.47. The van der Waals surface area contributed by atoms with Crippen LogP contribution in [0, 0.1) is 11.8 Å². The van der Waals surface area contributed by atoms with Gasteiger partial charge in [-0.1, -0.05) is 13.3 Å². The molecule has 1 heterocycles. The predicted octanol–water partition coefficient (Wildman–Crippen LogP) is 2.41. The van der Waals surface area contributed by atoms with Crippen molar-refractivity contribution in [1.82, 2.24) is 20.2 Å². The Hall–Kier alpha value is -0.640. The minimum atomic E-state index is -0.112. The summed E-state index contributed by atoms with van der Waals surface area (Å²) in [5.41, 5.74) is 0. The third-order valence-electron chi connectivity index (χ3n) is 3.15. The lowest BCUT2D eigenvalue weighted by Crippen LogP contribution is -2.13. The van der Waals surface area contributed by atoms with Crippen LogP contribution in [0.25, 0.3) is 0 Å². The first-order valence-corrected chi connectivity index (χ1v) is 6.00. The summed E-state index contributed by atoms with van der Waals surface area (Å²) < 4.78 is 1.86. The van der Waals surface area contributed by atoms with Crippen LogP contribution >= 0.6 is 11.6 Å². The van der Waals surface area contributed by atoms with E-state index >= 15 is 0 Å². The summed E-state index contributed by atoms with van der Waals surface area (Å²) in [5.74, 6) is 2.36. The topological polar surface area (TPSA) is 43.6 Å². The van der Waals surface area contributed by atoms with Crippen LogP contribution in [0.4, 0.5) is 0 Å². The number of halogens is 1. The van der Waals surface area contributed by atoms with Gasteiger partial charge in [0.05, 0.1) is 5.38 Å². The van der Waals surface area contributed by atoms with Crippen LogP contribution in [0.5, 0.6) is 0 Å². The Morgan fingerprint density at radius 3 is 2.93 bits per heavy atom. The molecule has 1 aliphatic rings. The normalized spacial score (nSPS) is 28.2. The number of hydrogen-bond acceptors (Lipinski definition) is 3. The van der Waals surface area contributed by atoms with Crippen molar-refractivity contribution in [3.63, 3.8) is 0 Å². The minimum absolute atomic E-state index is 0.112. The summed E-state index contributed by atoms with van der Waals surface area (Å²) in [7, 11) is 0. The lowest BCUT2D eigenvalue weighted by Gasteiger charge is -2.11. The van der Waals surface area contributed by atoms with E-state index in [2.05, 4.69) is 22.4 Å². The molecule has 1 saturated carbocycles. The van der Waals surface area contributed by atoms with E-state index < -0.39 is 0 Å². The van der Waals surface area contributed by atoms with Gasteiger partial charge in [0.15, 0.2) is 5.82 Å². The van der Waals surface area contributed by atoms with Crippen molar-refractivity contribution in [2.45, 2.75) is 45.0 Å². The molecule has 0 amide bonds. The van der Waals surface area contributed by atoms with E-state index in [0.29, 0.717) is 0 Å². The van der Waals surface area contributed by atoms with Gasteiger partial charge in [-0.2, -0.15) is 0 Å². The molecule has 5 heteroatoms. The van der Waals surface area contributed by atoms with Crippen molar-refractivity contribution >= 4 is 11.6 Å². The summed E-state index contributed by atoms with van der Waals surface area (Å²) in [6.45, 7) is 5.13. The largest absolute Gasteiger partial charge is 0.228 e. The highest BCUT2D eigenvalue weighted by Crippen LogP contribution is 2.31. The second-order valence-corrected chi connectivity index (χ2v) is 5.27. The SMILES string of the molecule is CC1CCC(Cn2nnnc2C(C)Cl)C1. The number of tetrazole rings is 1. The van der Waals surface area contributed by atoms with Crippen molar-refractivity contribution in [3.05, 3.63) is 5.82 Å². The zero-order valence-electron chi connectivity index (χ0n) is 9.23. The highest BCUT2D eigenvalue weighted by Gasteiger charge is 2.23. The molecule has 1 aromatic heterocycles. The van der Waals surface area contributed by atoms with Crippen molar-refractivity contribution in [1.29, 1.82) is 0 Å². The molecule has 0 spiro atoms. The van der Waals surface area contributed by atoms with Gasteiger partial charge in [0.25, 0.3) is 0 Å². The fourth-order valence-electron chi connectivity index (χ4n) is 2.36. The van der Waals surface area contributed by atoms with Crippen LogP contribution < -0.4 is 0 Å². The van der Waals surface area contributed by atoms with Crippen molar-refractivity contribution in [2.24, 2.45) is 11.8 Å². The summed E-state index contributed by atoms with van der Waals surface area (Å²) in [6.07, 6.45) is 3.91. The van der Waals surface area contributed by atoms with Crippen LogP contribution in [0.2, 0.25) is 0 Å². The molecular formula is C10H17ClN4. The van der Waals surface area contributed by atoms with Crippen LogP contribution in [-0.4, -0.2) is 20.2 Å². The van der Waals surface area contributed by atoms with Gasteiger partial charge < -0.3 is 0 Å². The molecule has 1 aromatic rings. The Balaban J connectivity index is 2.01. The lowest BCUT2D eigenvalue weighted by atomic mass is 10.1. The van der Waals surface area contributed by atoms with Gasteiger partial charge in [0.1, 0.15) is 0 Å². The molecule has 0 N–H and O–H groups in total. The van der Waals surface area contributed by atoms with Crippen LogP contribution in [-0.2, 0) is 6.54 Å². The fraction of sp³-hybridized carbons (Fsp3) is 0.900. The van der Waals surface area contributed by atoms with Gasteiger partial charge in [0, 0.05) is 6.54 Å². The predicted molar refractivity (Wildman–Crippen MR) is 58.6 cm³/mol. The molecule has 0 radical (unpaired) electrons. The first kappa shape index (κ1) is 10.9. The average molecular weight is 229 g/mol. The standard InChI is InChI=1S/C10H17ClN4/c1-7-3-4-9(5-7)6-15-10(8(2)11)12-13-14-15/h7-9H,3-6H2,1-2H3. The molecular weight excluding hydrogens is 212 g/mol. The maximum absolute atomic E-state index is 6.00. The highest BCUT2D eigenvalue weighted by molar-refractivity contribution is 6.20. The molecule has 0 aliphatic heterocycles. The zero-order chi connectivity index (χ0) is 10.8. The second-order valence-electron chi connectivity index (χ2n) is 4.62. The smallest absolute Gasteiger partial charge is 0.168 e. The molecule has 15 heavy (non-hydrogen) atoms. The van der Waals surface area contributed by atoms with E-state index in [1.165, 1.54) is 19.3 Å². The van der Waals surface area contributed by atoms with Crippen molar-refractivity contribution in [3.8, 4) is 0 Å². The summed E-state index contributed by atoms with van der Waals surface area (Å²) in [4.78, 5) is 0. The molecule has 3 atom stereocenters. The van der Waals surface area contributed by atoms with Gasteiger partial charge in [0.2, 0.25) is 0 Å². The van der Waals surface area contributed by atoms with E-state index in [-0.39, 0.29) is 5.38 Å². The highest BCUT2D eigenvalue weighted by atomic mass is 35.5. The maximum atomic E-state index is 6.00. The number of rotatable bonds is 3. The minimum Gasteiger partial charge on any atom is -0.228 e. The van der Waals surface area contributed by atoms with E-state index in [4.69, 9.17) is 11.6 Å². The Morgan fingerprint density at radius 2 is 2.33 bits per heavy atom. The number of alkyl halides is 1. The van der Waals surface area contributed by atoms with E-state index in [9.17, 15) is 0 Å². The van der Waals surface area contributed by atoms with Crippen LogP contribution in [0.3, 0.4) is 0 Å². The van der Waals surface area contributed by atoms with Crippen molar-refractivity contribution in [2.75, 3.05) is 0 Å². The van der Waals surface area contributed by atoms with E-state index in [1.54, 1.807) is 0 Å². The zero-order valence-corrected chi connectivity index (χ0v) is 9.98. The average Bonchev–Trinajstić information content (AvgIpc) is 2.75. The van der Waals surface area contributed by atoms with Gasteiger partial charge in [-0.05, 0) is 42.0 Å². The van der Waals surface area contributed by atoms with E-state index in [0.717, 1.165) is 24.2 Å². The third kappa shape index (κ3) is 2.48. The fourth-order valence-corrected chi connectivity index (χ4v) is 2.52. The van der Waals surface area contributed by atoms with E-state index in [1.807, 2.05) is 11.6 Å². The summed E-state index contributed by atoms with van der Waals surface area (Å²) in [5, 5.41) is 11.5. The molecule has 1 fully saturated rings. The quantitative estimate of drug-likeness (QED) is 0.747. The Morgan fingerprint density at radius 1 is 1.53 bits per heavy atom. The summed E-state index contributed by atoms with van der Waals surface area (Å²) >= 11 is 6.00. The number of aromatic nitrogens is 4. The Labute approximate surface area is 95.0 Å². The molecule has 1 aliphatic carbocycles. The Bertz CT molecular complexity index is 323. The molecule has 84 valence electrons. The maximum Gasteiger partial charge on any atom is 0.168 e. The molecule has 4 nitrogen and oxygen atoms in total. The molecule has 0 aromatic carbocycles. The van der Waals surface area contributed by atoms with Crippen LogP contribution in [0.1, 0.15) is 44.3 Å². The van der Waals surface area contributed by atoms with Crippen molar-refractivity contribution < 1.29 is 0 Å². The van der Waals surface area contributed by atoms with Gasteiger partial charge in [-0.3, -0.25) is 0 Å². The Kier molecular flexibility index (Phi) is 3.24. The first-order chi connectivity index (χ1) is 7.16. The number of hydrogen-bond donors (Lipinski definition) is 0. The molecule has 2 rings (SSSR count). The molecule has 0 saturated heterocycles. The lowest BCUT2D eigenvalue weighted by molar-refractivity contribution is 0.401. The van der Waals surface area contributed by atoms with Crippen LogP contribution in [0.15, 0.2) is 0 Å². The monoisotopic (exact) mass is 228 g/mol. The molecule has 0 bridgehead atoms. The van der Waals surface area contributed by atoms with Gasteiger partial charge in [-0.15, -0.1) is 16.7 Å². The van der Waals surface area contributed by atoms with Gasteiger partial charge in [-0.25, -0.2) is 4.68 Å². The molecule has 3 unspecified atom stereocenters.